The van der Waals surface area contributed by atoms with Crippen molar-refractivity contribution in [2.24, 2.45) is 5.92 Å². The molecular weight excluding hydrogens is 226 g/mol. The third kappa shape index (κ3) is 3.91. The lowest BCUT2D eigenvalue weighted by molar-refractivity contribution is -0.125. The van der Waals surface area contributed by atoms with E-state index in [2.05, 4.69) is 17.5 Å². The summed E-state index contributed by atoms with van der Waals surface area (Å²) >= 11 is 0. The van der Waals surface area contributed by atoms with Crippen molar-refractivity contribution in [2.45, 2.75) is 19.3 Å². The average Bonchev–Trinajstić information content (AvgIpc) is 2.45. The van der Waals surface area contributed by atoms with Gasteiger partial charge >= 0.3 is 0 Å². The van der Waals surface area contributed by atoms with Crippen molar-refractivity contribution in [1.82, 2.24) is 5.32 Å². The van der Waals surface area contributed by atoms with E-state index in [1.807, 2.05) is 30.3 Å². The van der Waals surface area contributed by atoms with E-state index in [0.717, 1.165) is 25.0 Å². The molecule has 1 aliphatic carbocycles. The number of para-hydroxylation sites is 1. The highest BCUT2D eigenvalue weighted by atomic mass is 16.5. The topological polar surface area (TPSA) is 38.3 Å². The van der Waals surface area contributed by atoms with E-state index in [0.29, 0.717) is 13.2 Å². The lowest BCUT2D eigenvalue weighted by Gasteiger charge is -2.17. The predicted molar refractivity (Wildman–Crippen MR) is 71.4 cm³/mol. The first-order chi connectivity index (χ1) is 8.86. The van der Waals surface area contributed by atoms with Crippen LogP contribution in [0.25, 0.3) is 0 Å². The maximum atomic E-state index is 11.8. The molecular formula is C15H19NO2. The standard InChI is InChI=1S/C15H19NO2/c17-15(13-7-3-1-4-8-13)16-11-12-18-14-9-5-2-6-10-14/h1-3,5-6,9-10,13H,4,7-8,11-12H2,(H,16,17). The minimum absolute atomic E-state index is 0.145. The summed E-state index contributed by atoms with van der Waals surface area (Å²) in [6.45, 7) is 1.08. The van der Waals surface area contributed by atoms with Crippen LogP contribution in [0.3, 0.4) is 0 Å². The molecule has 96 valence electrons. The van der Waals surface area contributed by atoms with Crippen LogP contribution in [0.1, 0.15) is 19.3 Å². The highest BCUT2D eigenvalue weighted by Gasteiger charge is 2.17. The van der Waals surface area contributed by atoms with Gasteiger partial charge in [-0.1, -0.05) is 30.4 Å². The lowest BCUT2D eigenvalue weighted by atomic mass is 9.94. The van der Waals surface area contributed by atoms with E-state index in [9.17, 15) is 4.79 Å². The smallest absolute Gasteiger partial charge is 0.223 e. The largest absolute Gasteiger partial charge is 0.492 e. The van der Waals surface area contributed by atoms with E-state index >= 15 is 0 Å². The first-order valence-corrected chi connectivity index (χ1v) is 6.47. The Hall–Kier alpha value is -1.77. The van der Waals surface area contributed by atoms with Gasteiger partial charge in [0, 0.05) is 5.92 Å². The maximum absolute atomic E-state index is 11.8. The molecule has 1 aromatic rings. The number of hydrogen-bond donors (Lipinski definition) is 1. The summed E-state index contributed by atoms with van der Waals surface area (Å²) in [4.78, 5) is 11.8. The molecule has 0 saturated heterocycles. The van der Waals surface area contributed by atoms with Crippen molar-refractivity contribution in [3.63, 3.8) is 0 Å². The number of nitrogens with one attached hydrogen (secondary N) is 1. The number of carbonyl (C=O) groups is 1. The molecule has 3 heteroatoms. The second kappa shape index (κ2) is 6.84. The van der Waals surface area contributed by atoms with Crippen LogP contribution in [-0.2, 0) is 4.79 Å². The number of ether oxygens (including phenoxy) is 1. The number of allylic oxidation sites excluding steroid dienone is 2. The summed E-state index contributed by atoms with van der Waals surface area (Å²) in [5.41, 5.74) is 0. The first kappa shape index (κ1) is 12.7. The fraction of sp³-hybridized carbons (Fsp3) is 0.400. The SMILES string of the molecule is O=C(NCCOc1ccccc1)C1CC=CCC1. The quantitative estimate of drug-likeness (QED) is 0.639. The van der Waals surface area contributed by atoms with Gasteiger partial charge in [0.1, 0.15) is 12.4 Å². The van der Waals surface area contributed by atoms with Crippen molar-refractivity contribution >= 4 is 5.91 Å². The molecule has 0 fully saturated rings. The van der Waals surface area contributed by atoms with E-state index in [1.165, 1.54) is 0 Å². The van der Waals surface area contributed by atoms with Gasteiger partial charge in [-0.15, -0.1) is 0 Å². The maximum Gasteiger partial charge on any atom is 0.223 e. The fourth-order valence-electron chi connectivity index (χ4n) is 2.04. The number of hydrogen-bond acceptors (Lipinski definition) is 2. The molecule has 0 aliphatic heterocycles. The third-order valence-electron chi connectivity index (χ3n) is 3.05. The summed E-state index contributed by atoms with van der Waals surface area (Å²) in [5.74, 6) is 1.13. The minimum atomic E-state index is 0.145. The summed E-state index contributed by atoms with van der Waals surface area (Å²) in [7, 11) is 0. The average molecular weight is 245 g/mol. The summed E-state index contributed by atoms with van der Waals surface area (Å²) < 4.78 is 5.52. The minimum Gasteiger partial charge on any atom is -0.492 e. The molecule has 0 spiro atoms. The highest BCUT2D eigenvalue weighted by molar-refractivity contribution is 5.78. The molecule has 0 radical (unpaired) electrons. The van der Waals surface area contributed by atoms with Gasteiger partial charge < -0.3 is 10.1 Å². The molecule has 1 aromatic carbocycles. The third-order valence-corrected chi connectivity index (χ3v) is 3.05. The molecule has 0 bridgehead atoms. The molecule has 0 saturated carbocycles. The number of rotatable bonds is 5. The van der Waals surface area contributed by atoms with E-state index in [-0.39, 0.29) is 11.8 Å². The van der Waals surface area contributed by atoms with Crippen molar-refractivity contribution < 1.29 is 9.53 Å². The van der Waals surface area contributed by atoms with Gasteiger partial charge in [0.2, 0.25) is 5.91 Å². The van der Waals surface area contributed by atoms with Crippen molar-refractivity contribution in [3.8, 4) is 5.75 Å². The van der Waals surface area contributed by atoms with Gasteiger partial charge in [-0.05, 0) is 31.4 Å². The zero-order chi connectivity index (χ0) is 12.6. The van der Waals surface area contributed by atoms with Gasteiger partial charge in [-0.3, -0.25) is 4.79 Å². The second-order valence-electron chi connectivity index (χ2n) is 4.43. The van der Waals surface area contributed by atoms with Crippen LogP contribution in [0.15, 0.2) is 42.5 Å². The molecule has 1 N–H and O–H groups in total. The van der Waals surface area contributed by atoms with E-state index in [1.54, 1.807) is 0 Å². The molecule has 1 amide bonds. The van der Waals surface area contributed by atoms with Crippen LogP contribution in [0.5, 0.6) is 5.75 Å². The number of amides is 1. The molecule has 2 rings (SSSR count). The highest BCUT2D eigenvalue weighted by Crippen LogP contribution is 2.17. The van der Waals surface area contributed by atoms with Crippen LogP contribution in [0.2, 0.25) is 0 Å². The Labute approximate surface area is 108 Å². The second-order valence-corrected chi connectivity index (χ2v) is 4.43. The molecule has 3 nitrogen and oxygen atoms in total. The van der Waals surface area contributed by atoms with Gasteiger partial charge in [0.25, 0.3) is 0 Å². The molecule has 0 aromatic heterocycles. The van der Waals surface area contributed by atoms with E-state index < -0.39 is 0 Å². The molecule has 1 aliphatic rings. The summed E-state index contributed by atoms with van der Waals surface area (Å²) in [6, 6.07) is 9.64. The Morgan fingerprint density at radius 2 is 2.11 bits per heavy atom. The Morgan fingerprint density at radius 3 is 2.83 bits per heavy atom. The molecule has 0 heterocycles. The van der Waals surface area contributed by atoms with E-state index in [4.69, 9.17) is 4.74 Å². The fourth-order valence-corrected chi connectivity index (χ4v) is 2.04. The molecule has 18 heavy (non-hydrogen) atoms. The van der Waals surface area contributed by atoms with Gasteiger partial charge in [-0.2, -0.15) is 0 Å². The van der Waals surface area contributed by atoms with Gasteiger partial charge in [-0.25, -0.2) is 0 Å². The van der Waals surface area contributed by atoms with Crippen LogP contribution in [-0.4, -0.2) is 19.1 Å². The Balaban J connectivity index is 1.63. The van der Waals surface area contributed by atoms with Crippen molar-refractivity contribution in [3.05, 3.63) is 42.5 Å². The summed E-state index contributed by atoms with van der Waals surface area (Å²) in [6.07, 6.45) is 7.07. The molecule has 1 atom stereocenters. The first-order valence-electron chi connectivity index (χ1n) is 6.47. The van der Waals surface area contributed by atoms with Crippen LogP contribution >= 0.6 is 0 Å². The lowest BCUT2D eigenvalue weighted by Crippen LogP contribution is -2.34. The van der Waals surface area contributed by atoms with Crippen molar-refractivity contribution in [2.75, 3.05) is 13.2 Å². The Bertz CT molecular complexity index is 400. The normalized spacial score (nSPS) is 18.3. The zero-order valence-electron chi connectivity index (χ0n) is 10.5. The summed E-state index contributed by atoms with van der Waals surface area (Å²) in [5, 5.41) is 2.92. The Morgan fingerprint density at radius 1 is 1.28 bits per heavy atom. The monoisotopic (exact) mass is 245 g/mol. The molecule has 1 unspecified atom stereocenters. The van der Waals surface area contributed by atoms with Crippen LogP contribution < -0.4 is 10.1 Å². The van der Waals surface area contributed by atoms with Crippen LogP contribution in [0.4, 0.5) is 0 Å². The zero-order valence-corrected chi connectivity index (χ0v) is 10.5. The van der Waals surface area contributed by atoms with Crippen LogP contribution in [0, 0.1) is 5.92 Å². The number of carbonyl (C=O) groups excluding carboxylic acids is 1. The predicted octanol–water partition coefficient (Wildman–Crippen LogP) is 2.54. The van der Waals surface area contributed by atoms with Crippen molar-refractivity contribution in [1.29, 1.82) is 0 Å². The number of benzene rings is 1. The Kier molecular flexibility index (Phi) is 4.82. The van der Waals surface area contributed by atoms with Gasteiger partial charge in [0.15, 0.2) is 0 Å². The van der Waals surface area contributed by atoms with Gasteiger partial charge in [0.05, 0.1) is 6.54 Å².